The molecule has 0 radical (unpaired) electrons. The number of aromatic nitrogens is 1. The van der Waals surface area contributed by atoms with Crippen LogP contribution in [0.1, 0.15) is 25.7 Å². The molecular formula is C25H28N4O3. The summed E-state index contributed by atoms with van der Waals surface area (Å²) >= 11 is 0. The van der Waals surface area contributed by atoms with E-state index in [-0.39, 0.29) is 17.9 Å². The Balaban J connectivity index is 1.51. The van der Waals surface area contributed by atoms with Crippen LogP contribution in [-0.2, 0) is 4.79 Å². The fraction of sp³-hybridized carbons (Fsp3) is 0.360. The van der Waals surface area contributed by atoms with Gasteiger partial charge in [0, 0.05) is 28.6 Å². The molecule has 32 heavy (non-hydrogen) atoms. The smallest absolute Gasteiger partial charge is 0.228 e. The predicted octanol–water partition coefficient (Wildman–Crippen LogP) is 4.47. The number of amides is 1. The Morgan fingerprint density at radius 3 is 2.56 bits per heavy atom. The van der Waals surface area contributed by atoms with E-state index in [1.54, 1.807) is 13.3 Å². The summed E-state index contributed by atoms with van der Waals surface area (Å²) in [6.45, 7) is 1.92. The maximum absolute atomic E-state index is 12.3. The minimum atomic E-state index is 0.0450. The normalized spacial score (nSPS) is 16.5. The van der Waals surface area contributed by atoms with Crippen molar-refractivity contribution in [1.29, 1.82) is 0 Å². The number of nitrogens with zero attached hydrogens (tertiary/aromatic N) is 1. The summed E-state index contributed by atoms with van der Waals surface area (Å²) in [6.07, 6.45) is 5.82. The van der Waals surface area contributed by atoms with E-state index >= 15 is 0 Å². The third kappa shape index (κ3) is 4.62. The SMILES string of the molecule is COc1ccc(Nc2c(OC3CCNCC3)ccc3cnc(NC(=O)C4CC4)cc23)cc1. The molecule has 3 N–H and O–H groups in total. The van der Waals surface area contributed by atoms with Crippen LogP contribution >= 0.6 is 0 Å². The molecule has 2 aromatic carbocycles. The highest BCUT2D eigenvalue weighted by atomic mass is 16.5. The van der Waals surface area contributed by atoms with Gasteiger partial charge in [0.15, 0.2) is 0 Å². The van der Waals surface area contributed by atoms with Crippen molar-refractivity contribution >= 4 is 33.9 Å². The second-order valence-electron chi connectivity index (χ2n) is 8.41. The Morgan fingerprint density at radius 1 is 1.06 bits per heavy atom. The van der Waals surface area contributed by atoms with Gasteiger partial charge in [0.1, 0.15) is 23.4 Å². The van der Waals surface area contributed by atoms with Crippen molar-refractivity contribution in [2.24, 2.45) is 5.92 Å². The quantitative estimate of drug-likeness (QED) is 0.511. The van der Waals surface area contributed by atoms with Crippen molar-refractivity contribution in [2.75, 3.05) is 30.8 Å². The minimum absolute atomic E-state index is 0.0450. The van der Waals surface area contributed by atoms with Gasteiger partial charge in [0.25, 0.3) is 0 Å². The van der Waals surface area contributed by atoms with E-state index in [1.807, 2.05) is 42.5 Å². The van der Waals surface area contributed by atoms with Crippen LogP contribution in [0.25, 0.3) is 10.8 Å². The number of ether oxygens (including phenoxy) is 2. The molecule has 1 saturated carbocycles. The Morgan fingerprint density at radius 2 is 1.84 bits per heavy atom. The standard InChI is InChI=1S/C25H28N4O3/c1-31-19-7-5-18(6-8-19)28-24-21-14-23(29-25(30)16-2-3-16)27-15-17(21)4-9-22(24)32-20-10-12-26-13-11-20/h4-9,14-16,20,26,28H,2-3,10-13H2,1H3,(H,27,29,30). The van der Waals surface area contributed by atoms with Crippen molar-refractivity contribution < 1.29 is 14.3 Å². The third-order valence-corrected chi connectivity index (χ3v) is 6.00. The maximum Gasteiger partial charge on any atom is 0.228 e. The van der Waals surface area contributed by atoms with Crippen molar-refractivity contribution in [3.8, 4) is 11.5 Å². The molecule has 2 aliphatic rings. The maximum atomic E-state index is 12.3. The van der Waals surface area contributed by atoms with Gasteiger partial charge in [-0.1, -0.05) is 0 Å². The molecular weight excluding hydrogens is 404 g/mol. The average Bonchev–Trinajstić information content (AvgIpc) is 3.67. The van der Waals surface area contributed by atoms with Crippen LogP contribution in [0, 0.1) is 5.92 Å². The molecule has 1 aromatic heterocycles. The highest BCUT2D eigenvalue weighted by molar-refractivity contribution is 6.01. The molecule has 0 spiro atoms. The van der Waals surface area contributed by atoms with Crippen LogP contribution in [-0.4, -0.2) is 37.2 Å². The van der Waals surface area contributed by atoms with E-state index in [0.29, 0.717) is 5.82 Å². The number of rotatable bonds is 7. The summed E-state index contributed by atoms with van der Waals surface area (Å²) in [5, 5.41) is 11.8. The largest absolute Gasteiger partial charge is 0.497 e. The third-order valence-electron chi connectivity index (χ3n) is 6.00. The van der Waals surface area contributed by atoms with Crippen LogP contribution in [0.2, 0.25) is 0 Å². The first-order chi connectivity index (χ1) is 15.7. The first kappa shape index (κ1) is 20.6. The molecule has 166 valence electrons. The molecule has 1 saturated heterocycles. The number of benzene rings is 2. The number of carbonyl (C=O) groups is 1. The van der Waals surface area contributed by atoms with Gasteiger partial charge in [-0.15, -0.1) is 0 Å². The summed E-state index contributed by atoms with van der Waals surface area (Å²) in [6, 6.07) is 13.7. The molecule has 2 fully saturated rings. The Labute approximate surface area is 187 Å². The molecule has 1 aliphatic carbocycles. The number of hydrogen-bond acceptors (Lipinski definition) is 6. The van der Waals surface area contributed by atoms with Crippen LogP contribution in [0.3, 0.4) is 0 Å². The minimum Gasteiger partial charge on any atom is -0.497 e. The second-order valence-corrected chi connectivity index (χ2v) is 8.41. The van der Waals surface area contributed by atoms with Gasteiger partial charge in [-0.2, -0.15) is 0 Å². The van der Waals surface area contributed by atoms with Gasteiger partial charge >= 0.3 is 0 Å². The van der Waals surface area contributed by atoms with Crippen molar-refractivity contribution in [2.45, 2.75) is 31.8 Å². The number of nitrogens with one attached hydrogen (secondary N) is 3. The molecule has 0 atom stereocenters. The van der Waals surface area contributed by atoms with Gasteiger partial charge in [-0.3, -0.25) is 4.79 Å². The molecule has 3 aromatic rings. The number of methoxy groups -OCH3 is 1. The molecule has 1 amide bonds. The number of pyridine rings is 1. The topological polar surface area (TPSA) is 84.5 Å². The number of fused-ring (bicyclic) bond motifs is 1. The highest BCUT2D eigenvalue weighted by Crippen LogP contribution is 2.38. The van der Waals surface area contributed by atoms with Crippen LogP contribution in [0.15, 0.2) is 48.7 Å². The first-order valence-electron chi connectivity index (χ1n) is 11.2. The molecule has 7 nitrogen and oxygen atoms in total. The number of anilines is 3. The summed E-state index contributed by atoms with van der Waals surface area (Å²) < 4.78 is 11.7. The first-order valence-corrected chi connectivity index (χ1v) is 11.2. The lowest BCUT2D eigenvalue weighted by Crippen LogP contribution is -2.34. The van der Waals surface area contributed by atoms with E-state index in [1.165, 1.54) is 0 Å². The van der Waals surface area contributed by atoms with Crippen molar-refractivity contribution in [3.05, 3.63) is 48.7 Å². The lowest BCUT2D eigenvalue weighted by Gasteiger charge is -2.26. The summed E-state index contributed by atoms with van der Waals surface area (Å²) in [5.41, 5.74) is 1.80. The Bertz CT molecular complexity index is 1110. The van der Waals surface area contributed by atoms with Crippen LogP contribution in [0.5, 0.6) is 11.5 Å². The molecule has 0 unspecified atom stereocenters. The monoisotopic (exact) mass is 432 g/mol. The Kier molecular flexibility index (Phi) is 5.81. The fourth-order valence-electron chi connectivity index (χ4n) is 3.98. The molecule has 0 bridgehead atoms. The fourth-order valence-corrected chi connectivity index (χ4v) is 3.98. The van der Waals surface area contributed by atoms with Gasteiger partial charge in [-0.05, 0) is 81.2 Å². The second kappa shape index (κ2) is 9.04. The van der Waals surface area contributed by atoms with E-state index in [2.05, 4.69) is 20.9 Å². The Hall–Kier alpha value is -3.32. The van der Waals surface area contributed by atoms with Gasteiger partial charge in [0.2, 0.25) is 5.91 Å². The van der Waals surface area contributed by atoms with Crippen LogP contribution in [0.4, 0.5) is 17.2 Å². The zero-order valence-corrected chi connectivity index (χ0v) is 18.2. The summed E-state index contributed by atoms with van der Waals surface area (Å²) in [4.78, 5) is 16.7. The number of carbonyl (C=O) groups excluding carboxylic acids is 1. The van der Waals surface area contributed by atoms with E-state index in [9.17, 15) is 4.79 Å². The van der Waals surface area contributed by atoms with E-state index in [4.69, 9.17) is 9.47 Å². The van der Waals surface area contributed by atoms with Crippen molar-refractivity contribution in [1.82, 2.24) is 10.3 Å². The predicted molar refractivity (Wildman–Crippen MR) is 126 cm³/mol. The van der Waals surface area contributed by atoms with E-state index in [0.717, 1.165) is 72.4 Å². The lowest BCUT2D eigenvalue weighted by atomic mass is 10.1. The zero-order chi connectivity index (χ0) is 21.9. The molecule has 2 heterocycles. The van der Waals surface area contributed by atoms with Crippen LogP contribution < -0.4 is 25.4 Å². The molecule has 7 heteroatoms. The number of hydrogen-bond donors (Lipinski definition) is 3. The summed E-state index contributed by atoms with van der Waals surface area (Å²) in [5.74, 6) is 2.33. The zero-order valence-electron chi connectivity index (χ0n) is 18.2. The van der Waals surface area contributed by atoms with Crippen molar-refractivity contribution in [3.63, 3.8) is 0 Å². The highest BCUT2D eigenvalue weighted by Gasteiger charge is 2.30. The summed E-state index contributed by atoms with van der Waals surface area (Å²) in [7, 11) is 1.66. The van der Waals surface area contributed by atoms with Gasteiger partial charge in [-0.25, -0.2) is 4.98 Å². The van der Waals surface area contributed by atoms with E-state index < -0.39 is 0 Å². The lowest BCUT2D eigenvalue weighted by molar-refractivity contribution is -0.117. The molecule has 5 rings (SSSR count). The van der Waals surface area contributed by atoms with Gasteiger partial charge < -0.3 is 25.4 Å². The number of piperidine rings is 1. The van der Waals surface area contributed by atoms with Gasteiger partial charge in [0.05, 0.1) is 12.8 Å². The average molecular weight is 433 g/mol. The molecule has 1 aliphatic heterocycles.